The summed E-state index contributed by atoms with van der Waals surface area (Å²) in [7, 11) is 0. The van der Waals surface area contributed by atoms with Crippen molar-refractivity contribution in [3.63, 3.8) is 0 Å². The number of anilines is 1. The van der Waals surface area contributed by atoms with Crippen LogP contribution in [0, 0.1) is 28.8 Å². The second-order valence-electron chi connectivity index (χ2n) is 7.21. The number of nitrogens with zero attached hydrogens (tertiary/aromatic N) is 1. The Balaban J connectivity index is 1.74. The molecule has 0 heterocycles. The normalized spacial score (nSPS) is 14.4. The molecule has 0 bridgehead atoms. The molecule has 0 spiro atoms. The molecule has 7 heteroatoms. The fraction of sp³-hybridized carbons (Fsp3) is 0.304. The number of hydrogen-bond acceptors (Lipinski definition) is 3. The molecule has 4 nitrogen and oxygen atoms in total. The van der Waals surface area contributed by atoms with Crippen molar-refractivity contribution in [2.24, 2.45) is 0 Å². The van der Waals surface area contributed by atoms with Gasteiger partial charge in [0.2, 0.25) is 0 Å². The number of aryl methyl sites for hydroxylation is 2. The van der Waals surface area contributed by atoms with Crippen LogP contribution in [0.1, 0.15) is 48.9 Å². The molecule has 1 unspecified atom stereocenters. The molecule has 0 aliphatic heterocycles. The first kappa shape index (κ1) is 21.4. The standard InChI is InChI=1S/C23H22F3N3O/c1-2-19(16-8-7-14-5-3-4-6-15(14)11-16)29-23(30)17(12-27)13-28-20-10-9-18(24)21(25)22(20)26/h7-11,13,19,28H,2-6H2,1H3,(H,29,30)/b17-13-. The molecule has 0 aromatic heterocycles. The van der Waals surface area contributed by atoms with Gasteiger partial charge in [-0.15, -0.1) is 0 Å². The minimum Gasteiger partial charge on any atom is -0.358 e. The Kier molecular flexibility index (Phi) is 6.78. The van der Waals surface area contributed by atoms with Gasteiger partial charge in [0.15, 0.2) is 17.5 Å². The van der Waals surface area contributed by atoms with E-state index in [-0.39, 0.29) is 17.3 Å². The number of amides is 1. The number of nitriles is 1. The molecular formula is C23H22F3N3O. The van der Waals surface area contributed by atoms with Crippen LogP contribution in [-0.2, 0) is 17.6 Å². The highest BCUT2D eigenvalue weighted by molar-refractivity contribution is 5.97. The van der Waals surface area contributed by atoms with Gasteiger partial charge in [0.1, 0.15) is 11.6 Å². The molecule has 0 saturated carbocycles. The Bertz CT molecular complexity index is 1030. The van der Waals surface area contributed by atoms with E-state index in [1.165, 1.54) is 17.5 Å². The monoisotopic (exact) mass is 413 g/mol. The van der Waals surface area contributed by atoms with Crippen molar-refractivity contribution in [3.8, 4) is 6.07 Å². The Labute approximate surface area is 173 Å². The molecule has 156 valence electrons. The average Bonchev–Trinajstić information content (AvgIpc) is 2.77. The third-order valence-corrected chi connectivity index (χ3v) is 5.26. The molecule has 0 fully saturated rings. The van der Waals surface area contributed by atoms with Crippen LogP contribution in [0.4, 0.5) is 18.9 Å². The van der Waals surface area contributed by atoms with Gasteiger partial charge in [0.05, 0.1) is 11.7 Å². The molecular weight excluding hydrogens is 391 g/mol. The quantitative estimate of drug-likeness (QED) is 0.395. The summed E-state index contributed by atoms with van der Waals surface area (Å²) >= 11 is 0. The van der Waals surface area contributed by atoms with Gasteiger partial charge < -0.3 is 10.6 Å². The maximum Gasteiger partial charge on any atom is 0.263 e. The number of carbonyl (C=O) groups is 1. The maximum absolute atomic E-state index is 13.8. The third kappa shape index (κ3) is 4.65. The predicted octanol–water partition coefficient (Wildman–Crippen LogP) is 5.07. The summed E-state index contributed by atoms with van der Waals surface area (Å²) in [6.07, 6.45) is 6.00. The van der Waals surface area contributed by atoms with Crippen molar-refractivity contribution in [1.82, 2.24) is 5.32 Å². The highest BCUT2D eigenvalue weighted by Gasteiger charge is 2.19. The summed E-state index contributed by atoms with van der Waals surface area (Å²) in [5, 5.41) is 14.5. The Morgan fingerprint density at radius 2 is 1.87 bits per heavy atom. The van der Waals surface area contributed by atoms with Crippen LogP contribution in [0.25, 0.3) is 0 Å². The minimum atomic E-state index is -1.63. The largest absolute Gasteiger partial charge is 0.358 e. The summed E-state index contributed by atoms with van der Waals surface area (Å²) in [6, 6.07) is 9.38. The lowest BCUT2D eigenvalue weighted by Gasteiger charge is -2.21. The minimum absolute atomic E-state index is 0.290. The summed E-state index contributed by atoms with van der Waals surface area (Å²) in [5.41, 5.74) is 2.90. The second kappa shape index (κ2) is 9.49. The van der Waals surface area contributed by atoms with E-state index in [0.29, 0.717) is 6.42 Å². The van der Waals surface area contributed by atoms with E-state index in [0.717, 1.165) is 43.2 Å². The summed E-state index contributed by atoms with van der Waals surface area (Å²) in [4.78, 5) is 12.6. The van der Waals surface area contributed by atoms with Gasteiger partial charge in [-0.05, 0) is 60.9 Å². The number of fused-ring (bicyclic) bond motifs is 1. The Hall–Kier alpha value is -3.27. The number of rotatable bonds is 6. The number of nitrogens with one attached hydrogen (secondary N) is 2. The summed E-state index contributed by atoms with van der Waals surface area (Å²) < 4.78 is 40.1. The van der Waals surface area contributed by atoms with Crippen LogP contribution in [0.5, 0.6) is 0 Å². The zero-order valence-electron chi connectivity index (χ0n) is 16.6. The van der Waals surface area contributed by atoms with E-state index in [9.17, 15) is 23.2 Å². The smallest absolute Gasteiger partial charge is 0.263 e. The molecule has 0 radical (unpaired) electrons. The van der Waals surface area contributed by atoms with Gasteiger partial charge in [0, 0.05) is 6.20 Å². The van der Waals surface area contributed by atoms with Crippen molar-refractivity contribution < 1.29 is 18.0 Å². The van der Waals surface area contributed by atoms with Crippen LogP contribution in [-0.4, -0.2) is 5.91 Å². The van der Waals surface area contributed by atoms with Gasteiger partial charge in [-0.25, -0.2) is 13.2 Å². The molecule has 30 heavy (non-hydrogen) atoms. The van der Waals surface area contributed by atoms with E-state index < -0.39 is 23.4 Å². The first-order valence-corrected chi connectivity index (χ1v) is 9.87. The molecule has 0 saturated heterocycles. The number of carbonyl (C=O) groups excluding carboxylic acids is 1. The van der Waals surface area contributed by atoms with E-state index in [4.69, 9.17) is 0 Å². The topological polar surface area (TPSA) is 64.9 Å². The maximum atomic E-state index is 13.8. The van der Waals surface area contributed by atoms with Gasteiger partial charge in [-0.2, -0.15) is 5.26 Å². The summed E-state index contributed by atoms with van der Waals surface area (Å²) in [6.45, 7) is 1.93. The van der Waals surface area contributed by atoms with Crippen molar-refractivity contribution >= 4 is 11.6 Å². The van der Waals surface area contributed by atoms with Crippen LogP contribution in [0.2, 0.25) is 0 Å². The van der Waals surface area contributed by atoms with Crippen LogP contribution in [0.15, 0.2) is 42.1 Å². The highest BCUT2D eigenvalue weighted by Crippen LogP contribution is 2.26. The Morgan fingerprint density at radius 3 is 2.57 bits per heavy atom. The first-order chi connectivity index (χ1) is 14.4. The van der Waals surface area contributed by atoms with Gasteiger partial charge >= 0.3 is 0 Å². The predicted molar refractivity (Wildman–Crippen MR) is 108 cm³/mol. The molecule has 3 rings (SSSR count). The first-order valence-electron chi connectivity index (χ1n) is 9.87. The Morgan fingerprint density at radius 1 is 1.13 bits per heavy atom. The van der Waals surface area contributed by atoms with Crippen molar-refractivity contribution in [3.05, 3.63) is 76.2 Å². The average molecular weight is 413 g/mol. The van der Waals surface area contributed by atoms with Gasteiger partial charge in [-0.1, -0.05) is 25.1 Å². The molecule has 1 aliphatic rings. The number of benzene rings is 2. The van der Waals surface area contributed by atoms with E-state index in [1.54, 1.807) is 6.07 Å². The third-order valence-electron chi connectivity index (χ3n) is 5.26. The highest BCUT2D eigenvalue weighted by atomic mass is 19.2. The van der Waals surface area contributed by atoms with Crippen molar-refractivity contribution in [1.29, 1.82) is 5.26 Å². The SMILES string of the molecule is CCC(NC(=O)/C(C#N)=C\Nc1ccc(F)c(F)c1F)c1ccc2c(c1)CCCC2. The molecule has 1 aliphatic carbocycles. The van der Waals surface area contributed by atoms with Crippen LogP contribution >= 0.6 is 0 Å². The van der Waals surface area contributed by atoms with E-state index in [2.05, 4.69) is 22.8 Å². The number of hydrogen-bond donors (Lipinski definition) is 2. The molecule has 2 aromatic carbocycles. The molecule has 2 aromatic rings. The number of halogens is 3. The lowest BCUT2D eigenvalue weighted by Crippen LogP contribution is -2.29. The zero-order valence-corrected chi connectivity index (χ0v) is 16.6. The zero-order chi connectivity index (χ0) is 21.7. The van der Waals surface area contributed by atoms with E-state index >= 15 is 0 Å². The molecule has 1 amide bonds. The van der Waals surface area contributed by atoms with Crippen LogP contribution in [0.3, 0.4) is 0 Å². The fourth-order valence-electron chi connectivity index (χ4n) is 3.56. The van der Waals surface area contributed by atoms with Crippen LogP contribution < -0.4 is 10.6 Å². The van der Waals surface area contributed by atoms with Gasteiger partial charge in [-0.3, -0.25) is 4.79 Å². The second-order valence-corrected chi connectivity index (χ2v) is 7.21. The lowest BCUT2D eigenvalue weighted by molar-refractivity contribution is -0.117. The van der Waals surface area contributed by atoms with Crippen molar-refractivity contribution in [2.45, 2.75) is 45.1 Å². The van der Waals surface area contributed by atoms with Crippen molar-refractivity contribution in [2.75, 3.05) is 5.32 Å². The van der Waals surface area contributed by atoms with E-state index in [1.807, 2.05) is 13.0 Å². The molecule has 1 atom stereocenters. The molecule has 2 N–H and O–H groups in total. The fourth-order valence-corrected chi connectivity index (χ4v) is 3.56. The lowest BCUT2D eigenvalue weighted by atomic mass is 9.88. The van der Waals surface area contributed by atoms with Gasteiger partial charge in [0.25, 0.3) is 5.91 Å². The summed E-state index contributed by atoms with van der Waals surface area (Å²) in [5.74, 6) is -5.02.